The molecule has 1 saturated heterocycles. The fourth-order valence-electron chi connectivity index (χ4n) is 5.71. The fraction of sp³-hybridized carbons (Fsp3) is 0.323. The molecule has 2 aliphatic heterocycles. The minimum atomic E-state index is -0.776. The number of amides is 2. The minimum Gasteiger partial charge on any atom is -0.481 e. The number of terminal acetylenes is 1. The third-order valence-corrected chi connectivity index (χ3v) is 8.87. The van der Waals surface area contributed by atoms with Gasteiger partial charge in [0.05, 0.1) is 24.6 Å². The molecule has 1 atom stereocenters. The Morgan fingerprint density at radius 2 is 2.12 bits per heavy atom. The molecule has 5 heterocycles. The van der Waals surface area contributed by atoms with Gasteiger partial charge in [0, 0.05) is 66.5 Å². The summed E-state index contributed by atoms with van der Waals surface area (Å²) in [6.07, 6.45) is 13.0. The maximum atomic E-state index is 13.7. The lowest BCUT2D eigenvalue weighted by molar-refractivity contribution is -0.132. The lowest BCUT2D eigenvalue weighted by atomic mass is 9.82. The van der Waals surface area contributed by atoms with Crippen LogP contribution < -0.4 is 10.1 Å². The molecule has 0 radical (unpaired) electrons. The first kappa shape index (κ1) is 27.6. The maximum absolute atomic E-state index is 13.7. The number of rotatable bonds is 8. The van der Waals surface area contributed by atoms with Crippen LogP contribution in [0.2, 0.25) is 0 Å². The van der Waals surface area contributed by atoms with Crippen molar-refractivity contribution >= 4 is 45.3 Å². The first-order valence-electron chi connectivity index (χ1n) is 13.8. The summed E-state index contributed by atoms with van der Waals surface area (Å²) in [5, 5.41) is 14.5. The summed E-state index contributed by atoms with van der Waals surface area (Å²) >= 11 is 1.62. The topological polar surface area (TPSA) is 116 Å². The third-order valence-electron chi connectivity index (χ3n) is 8.02. The monoisotopic (exact) mass is 581 g/mol. The quantitative estimate of drug-likeness (QED) is 0.302. The molecule has 0 saturated carbocycles. The number of methoxy groups -OCH3 is 1. The molecule has 0 spiro atoms. The van der Waals surface area contributed by atoms with E-state index in [4.69, 9.17) is 11.2 Å². The molecular formula is C31H31N7O3S. The average molecular weight is 582 g/mol. The molecule has 2 N–H and O–H groups in total. The number of carbonyl (C=O) groups excluding carboxylic acids is 2. The Hall–Kier alpha value is -4.53. The molecule has 2 aliphatic rings. The largest absolute Gasteiger partial charge is 0.481 e. The Kier molecular flexibility index (Phi) is 7.73. The zero-order chi connectivity index (χ0) is 29.1. The van der Waals surface area contributed by atoms with E-state index in [-0.39, 0.29) is 18.4 Å². The number of nitrogens with one attached hydrogen (secondary N) is 2. The Labute approximate surface area is 247 Å². The number of hydrogen-bond acceptors (Lipinski definition) is 8. The number of aromatic amines is 1. The van der Waals surface area contributed by atoms with Crippen LogP contribution in [0, 0.1) is 17.8 Å². The van der Waals surface area contributed by atoms with Gasteiger partial charge in [0.25, 0.3) is 0 Å². The zero-order valence-electron chi connectivity index (χ0n) is 23.3. The maximum Gasteiger partial charge on any atom is 0.237 e. The summed E-state index contributed by atoms with van der Waals surface area (Å²) in [7, 11) is 1.57. The number of hydrogen-bond donors (Lipinski definition) is 2. The van der Waals surface area contributed by atoms with Crippen molar-refractivity contribution in [2.75, 3.05) is 45.2 Å². The number of carbonyl (C=O) groups is 2. The number of pyridine rings is 1. The number of anilines is 1. The van der Waals surface area contributed by atoms with Crippen molar-refractivity contribution in [3.8, 4) is 29.5 Å². The summed E-state index contributed by atoms with van der Waals surface area (Å²) in [5.41, 5.74) is 3.49. The number of thiazole rings is 1. The lowest BCUT2D eigenvalue weighted by Gasteiger charge is -2.29. The molecule has 6 rings (SSSR count). The predicted octanol–water partition coefficient (Wildman–Crippen LogP) is 4.06. The van der Waals surface area contributed by atoms with Gasteiger partial charge in [-0.3, -0.25) is 19.6 Å². The molecule has 4 aromatic rings. The smallest absolute Gasteiger partial charge is 0.237 e. The van der Waals surface area contributed by atoms with E-state index >= 15 is 0 Å². The van der Waals surface area contributed by atoms with Gasteiger partial charge in [0.1, 0.15) is 10.7 Å². The zero-order valence-corrected chi connectivity index (χ0v) is 24.1. The highest BCUT2D eigenvalue weighted by molar-refractivity contribution is 7.10. The molecule has 42 heavy (non-hydrogen) atoms. The van der Waals surface area contributed by atoms with Crippen LogP contribution in [0.1, 0.15) is 24.3 Å². The lowest BCUT2D eigenvalue weighted by Crippen LogP contribution is -2.43. The summed E-state index contributed by atoms with van der Waals surface area (Å²) in [6, 6.07) is 9.32. The predicted molar refractivity (Wildman–Crippen MR) is 163 cm³/mol. The van der Waals surface area contributed by atoms with E-state index in [1.165, 1.54) is 5.57 Å². The number of H-pyrrole nitrogens is 1. The highest BCUT2D eigenvalue weighted by Crippen LogP contribution is 2.36. The van der Waals surface area contributed by atoms with E-state index < -0.39 is 5.41 Å². The van der Waals surface area contributed by atoms with E-state index in [9.17, 15) is 9.59 Å². The number of nitrogens with zero attached hydrogens (tertiary/aromatic N) is 5. The number of likely N-dealkylation sites (tertiary alicyclic amines) is 1. The van der Waals surface area contributed by atoms with Gasteiger partial charge in [0.15, 0.2) is 0 Å². The minimum absolute atomic E-state index is 0.0621. The van der Waals surface area contributed by atoms with Crippen molar-refractivity contribution in [3.05, 3.63) is 59.2 Å². The summed E-state index contributed by atoms with van der Waals surface area (Å²) in [4.78, 5) is 39.3. The summed E-state index contributed by atoms with van der Waals surface area (Å²) < 4.78 is 5.26. The number of fused-ring (bicyclic) bond motifs is 1. The molecule has 1 fully saturated rings. The van der Waals surface area contributed by atoms with Crippen molar-refractivity contribution in [1.29, 1.82) is 0 Å². The van der Waals surface area contributed by atoms with E-state index in [2.05, 4.69) is 37.5 Å². The van der Waals surface area contributed by atoms with Crippen molar-refractivity contribution in [1.82, 2.24) is 30.0 Å². The Morgan fingerprint density at radius 3 is 2.88 bits per heavy atom. The molecule has 0 bridgehead atoms. The van der Waals surface area contributed by atoms with Crippen molar-refractivity contribution in [2.45, 2.75) is 19.3 Å². The first-order chi connectivity index (χ1) is 20.5. The molecular weight excluding hydrogens is 550 g/mol. The van der Waals surface area contributed by atoms with Crippen LogP contribution in [-0.2, 0) is 9.59 Å². The molecule has 11 heteroatoms. The van der Waals surface area contributed by atoms with E-state index in [1.54, 1.807) is 30.8 Å². The van der Waals surface area contributed by atoms with Crippen LogP contribution in [0.3, 0.4) is 0 Å². The SMILES string of the molecule is C#CCC1(C(=O)Nc2ccc3[nH]nc(-c4ccnc(OC)c4)c3c2)CCN(CC(=O)N2CC=C(c3nccs3)CC2)C1. The number of aromatic nitrogens is 4. The van der Waals surface area contributed by atoms with E-state index in [0.717, 1.165) is 33.6 Å². The van der Waals surface area contributed by atoms with Crippen molar-refractivity contribution in [2.24, 2.45) is 5.41 Å². The standard InChI is InChI=1S/C31H31N7O3S/c1-3-9-31(10-15-37(20-31)19-27(39)38-13-7-21(8-14-38)29-33-12-16-42-29)30(40)34-23-4-5-25-24(18-23)28(36-35-25)22-6-11-32-26(17-22)41-2/h1,4-7,11-12,16-18H,8-10,13-15,19-20H2,2H3,(H,34,40)(H,35,36). The van der Waals surface area contributed by atoms with Gasteiger partial charge in [-0.2, -0.15) is 5.10 Å². The van der Waals surface area contributed by atoms with Gasteiger partial charge in [0.2, 0.25) is 17.7 Å². The Balaban J connectivity index is 1.13. The van der Waals surface area contributed by atoms with Crippen molar-refractivity contribution < 1.29 is 14.3 Å². The first-order valence-corrected chi connectivity index (χ1v) is 14.7. The summed E-state index contributed by atoms with van der Waals surface area (Å²) in [5.74, 6) is 3.13. The third kappa shape index (κ3) is 5.51. The fourth-order valence-corrected chi connectivity index (χ4v) is 6.41. The van der Waals surface area contributed by atoms with Crippen LogP contribution >= 0.6 is 11.3 Å². The van der Waals surface area contributed by atoms with Crippen LogP contribution in [0.5, 0.6) is 5.88 Å². The molecule has 214 valence electrons. The van der Waals surface area contributed by atoms with Crippen molar-refractivity contribution in [3.63, 3.8) is 0 Å². The van der Waals surface area contributed by atoms with Crippen LogP contribution in [0.15, 0.2) is 54.2 Å². The second-order valence-corrected chi connectivity index (χ2v) is 11.5. The average Bonchev–Trinajstić information content (AvgIpc) is 3.78. The number of ether oxygens (including phenoxy) is 1. The Morgan fingerprint density at radius 1 is 1.21 bits per heavy atom. The van der Waals surface area contributed by atoms with Gasteiger partial charge in [-0.1, -0.05) is 6.08 Å². The molecule has 2 amide bonds. The molecule has 10 nitrogen and oxygen atoms in total. The van der Waals surface area contributed by atoms with Gasteiger partial charge < -0.3 is 15.0 Å². The van der Waals surface area contributed by atoms with Gasteiger partial charge in [-0.25, -0.2) is 9.97 Å². The van der Waals surface area contributed by atoms with Gasteiger partial charge >= 0.3 is 0 Å². The van der Waals surface area contributed by atoms with Gasteiger partial charge in [-0.15, -0.1) is 23.7 Å². The Bertz CT molecular complexity index is 1690. The molecule has 0 aliphatic carbocycles. The second kappa shape index (κ2) is 11.8. The van der Waals surface area contributed by atoms with Gasteiger partial charge in [-0.05, 0) is 49.2 Å². The molecule has 1 unspecified atom stereocenters. The summed E-state index contributed by atoms with van der Waals surface area (Å²) in [6.45, 7) is 2.56. The highest BCUT2D eigenvalue weighted by Gasteiger charge is 2.44. The van der Waals surface area contributed by atoms with E-state index in [0.29, 0.717) is 50.6 Å². The normalized spacial score (nSPS) is 19.0. The van der Waals surface area contributed by atoms with E-state index in [1.807, 2.05) is 45.5 Å². The molecule has 3 aromatic heterocycles. The van der Waals surface area contributed by atoms with Crippen LogP contribution in [-0.4, -0.2) is 81.6 Å². The van der Waals surface area contributed by atoms with Crippen LogP contribution in [0.4, 0.5) is 5.69 Å². The second-order valence-electron chi connectivity index (χ2n) is 10.7. The number of benzene rings is 1. The molecule has 1 aromatic carbocycles. The van der Waals surface area contributed by atoms with Crippen LogP contribution in [0.25, 0.3) is 27.7 Å². The highest BCUT2D eigenvalue weighted by atomic mass is 32.1.